The van der Waals surface area contributed by atoms with E-state index in [0.717, 1.165) is 0 Å². The third kappa shape index (κ3) is 2.22. The maximum atomic E-state index is 5.43. The van der Waals surface area contributed by atoms with Crippen LogP contribution in [0.3, 0.4) is 0 Å². The fourth-order valence-electron chi connectivity index (χ4n) is 0.772. The monoisotopic (exact) mass is 187 g/mol. The first-order valence-corrected chi connectivity index (χ1v) is 5.25. The Balaban J connectivity index is 2.89. The zero-order valence-electron chi connectivity index (χ0n) is 7.05. The van der Waals surface area contributed by atoms with Crippen molar-refractivity contribution < 1.29 is 0 Å². The van der Waals surface area contributed by atoms with Crippen molar-refractivity contribution in [1.82, 2.24) is 0 Å². The van der Waals surface area contributed by atoms with Crippen LogP contribution < -0.4 is 5.14 Å². The van der Waals surface area contributed by atoms with Crippen LogP contribution in [0.2, 0.25) is 0 Å². The number of rotatable bonds is 1. The Bertz CT molecular complexity index is 234. The summed E-state index contributed by atoms with van der Waals surface area (Å²) in [6.45, 7) is 6.63. The Hall–Kier alpha value is 0.01000. The fourth-order valence-corrected chi connectivity index (χ4v) is 2.19. The minimum atomic E-state index is 0.254. The summed E-state index contributed by atoms with van der Waals surface area (Å²) in [5.41, 5.74) is 1.63. The SMILES string of the molecule is CC(C)(C)c1csc(SN)c1. The van der Waals surface area contributed by atoms with Gasteiger partial charge in [-0.15, -0.1) is 11.3 Å². The standard InChI is InChI=1S/C8H13NS2/c1-8(2,3)6-4-7(11-9)10-5-6/h4-5H,9H2,1-3H3. The highest BCUT2D eigenvalue weighted by Gasteiger charge is 2.14. The Kier molecular flexibility index (Phi) is 2.62. The van der Waals surface area contributed by atoms with Gasteiger partial charge in [-0.25, -0.2) is 0 Å². The van der Waals surface area contributed by atoms with E-state index in [1.54, 1.807) is 11.3 Å². The van der Waals surface area contributed by atoms with Gasteiger partial charge in [0, 0.05) is 0 Å². The van der Waals surface area contributed by atoms with E-state index in [-0.39, 0.29) is 5.41 Å². The molecule has 0 aliphatic heterocycles. The molecule has 0 aliphatic carbocycles. The van der Waals surface area contributed by atoms with Gasteiger partial charge >= 0.3 is 0 Å². The molecule has 1 aromatic rings. The summed E-state index contributed by atoms with van der Waals surface area (Å²) < 4.78 is 1.19. The summed E-state index contributed by atoms with van der Waals surface area (Å²) in [6, 6.07) is 2.16. The van der Waals surface area contributed by atoms with E-state index in [0.29, 0.717) is 0 Å². The highest BCUT2D eigenvalue weighted by Crippen LogP contribution is 2.30. The Morgan fingerprint density at radius 2 is 2.09 bits per heavy atom. The van der Waals surface area contributed by atoms with Crippen LogP contribution in [0.5, 0.6) is 0 Å². The highest BCUT2D eigenvalue weighted by molar-refractivity contribution is 7.99. The molecule has 0 aromatic carbocycles. The third-order valence-corrected chi connectivity index (χ3v) is 3.21. The number of nitrogens with two attached hydrogens (primary N) is 1. The first kappa shape index (κ1) is 9.10. The third-order valence-electron chi connectivity index (χ3n) is 1.56. The minimum Gasteiger partial charge on any atom is -0.273 e. The van der Waals surface area contributed by atoms with Crippen molar-refractivity contribution in [2.24, 2.45) is 5.14 Å². The fraction of sp³-hybridized carbons (Fsp3) is 0.500. The molecule has 0 spiro atoms. The maximum Gasteiger partial charge on any atom is 0.0752 e. The van der Waals surface area contributed by atoms with Gasteiger partial charge in [-0.2, -0.15) is 0 Å². The molecule has 0 radical (unpaired) electrons. The zero-order valence-corrected chi connectivity index (χ0v) is 8.68. The van der Waals surface area contributed by atoms with Crippen molar-refractivity contribution in [2.45, 2.75) is 30.4 Å². The van der Waals surface area contributed by atoms with Gasteiger partial charge in [0.1, 0.15) is 0 Å². The Morgan fingerprint density at radius 1 is 1.45 bits per heavy atom. The summed E-state index contributed by atoms with van der Waals surface area (Å²) in [4.78, 5) is 0. The van der Waals surface area contributed by atoms with Crippen molar-refractivity contribution in [3.63, 3.8) is 0 Å². The van der Waals surface area contributed by atoms with Crippen LogP contribution in [-0.4, -0.2) is 0 Å². The molecule has 0 atom stereocenters. The lowest BCUT2D eigenvalue weighted by Gasteiger charge is -2.15. The van der Waals surface area contributed by atoms with Crippen LogP contribution in [0.15, 0.2) is 15.7 Å². The first-order valence-electron chi connectivity index (χ1n) is 3.50. The molecule has 11 heavy (non-hydrogen) atoms. The van der Waals surface area contributed by atoms with E-state index < -0.39 is 0 Å². The quantitative estimate of drug-likeness (QED) is 0.684. The van der Waals surface area contributed by atoms with Gasteiger partial charge in [0.25, 0.3) is 0 Å². The summed E-state index contributed by atoms with van der Waals surface area (Å²) in [5.74, 6) is 0. The summed E-state index contributed by atoms with van der Waals surface area (Å²) in [7, 11) is 0. The van der Waals surface area contributed by atoms with Crippen molar-refractivity contribution >= 4 is 23.3 Å². The van der Waals surface area contributed by atoms with Crippen molar-refractivity contribution in [1.29, 1.82) is 0 Å². The second kappa shape index (κ2) is 3.17. The van der Waals surface area contributed by atoms with Crippen LogP contribution in [-0.2, 0) is 5.41 Å². The molecule has 3 heteroatoms. The Morgan fingerprint density at radius 3 is 2.36 bits per heavy atom. The Labute approximate surface area is 76.1 Å². The molecule has 0 saturated heterocycles. The van der Waals surface area contributed by atoms with E-state index in [9.17, 15) is 0 Å². The highest BCUT2D eigenvalue weighted by atomic mass is 32.2. The van der Waals surface area contributed by atoms with Crippen LogP contribution in [0.25, 0.3) is 0 Å². The lowest BCUT2D eigenvalue weighted by atomic mass is 9.90. The molecule has 1 rings (SSSR count). The molecular formula is C8H13NS2. The number of thiophene rings is 1. The zero-order chi connectivity index (χ0) is 8.48. The molecular weight excluding hydrogens is 174 g/mol. The van der Waals surface area contributed by atoms with Crippen LogP contribution in [0.1, 0.15) is 26.3 Å². The summed E-state index contributed by atoms with van der Waals surface area (Å²) in [6.07, 6.45) is 0. The molecule has 0 fully saturated rings. The van der Waals surface area contributed by atoms with E-state index >= 15 is 0 Å². The first-order chi connectivity index (χ1) is 5.04. The van der Waals surface area contributed by atoms with Gasteiger partial charge in [-0.3, -0.25) is 5.14 Å². The lowest BCUT2D eigenvalue weighted by molar-refractivity contribution is 0.592. The molecule has 1 heterocycles. The summed E-state index contributed by atoms with van der Waals surface area (Å²) in [5, 5.41) is 7.61. The van der Waals surface area contributed by atoms with Gasteiger partial charge < -0.3 is 0 Å². The molecule has 0 aliphatic rings. The normalized spacial score (nSPS) is 12.0. The van der Waals surface area contributed by atoms with Gasteiger partial charge in [0.2, 0.25) is 0 Å². The van der Waals surface area contributed by atoms with Crippen LogP contribution >= 0.6 is 23.3 Å². The molecule has 2 N–H and O–H groups in total. The second-order valence-electron chi connectivity index (χ2n) is 3.52. The second-order valence-corrected chi connectivity index (χ2v) is 5.37. The van der Waals surface area contributed by atoms with Crippen molar-refractivity contribution in [3.05, 3.63) is 17.0 Å². The minimum absolute atomic E-state index is 0.254. The summed E-state index contributed by atoms with van der Waals surface area (Å²) >= 11 is 3.04. The lowest BCUT2D eigenvalue weighted by Crippen LogP contribution is -2.08. The van der Waals surface area contributed by atoms with Gasteiger partial charge in [0.05, 0.1) is 4.21 Å². The predicted molar refractivity (Wildman–Crippen MR) is 53.1 cm³/mol. The number of hydrogen-bond acceptors (Lipinski definition) is 3. The molecule has 1 aromatic heterocycles. The van der Waals surface area contributed by atoms with E-state index in [1.807, 2.05) is 0 Å². The molecule has 0 unspecified atom stereocenters. The maximum absolute atomic E-state index is 5.43. The van der Waals surface area contributed by atoms with Crippen LogP contribution in [0.4, 0.5) is 0 Å². The molecule has 62 valence electrons. The van der Waals surface area contributed by atoms with E-state index in [1.165, 1.54) is 21.7 Å². The van der Waals surface area contributed by atoms with Crippen LogP contribution in [0, 0.1) is 0 Å². The molecule has 0 amide bonds. The van der Waals surface area contributed by atoms with E-state index in [2.05, 4.69) is 32.2 Å². The van der Waals surface area contributed by atoms with Crippen molar-refractivity contribution in [3.8, 4) is 0 Å². The average Bonchev–Trinajstić information content (AvgIpc) is 2.32. The molecule has 0 bridgehead atoms. The predicted octanol–water partition coefficient (Wildman–Crippen LogP) is 3.01. The topological polar surface area (TPSA) is 26.0 Å². The molecule has 1 nitrogen and oxygen atoms in total. The van der Waals surface area contributed by atoms with Crippen molar-refractivity contribution in [2.75, 3.05) is 0 Å². The smallest absolute Gasteiger partial charge is 0.0752 e. The number of hydrogen-bond donors (Lipinski definition) is 1. The molecule has 0 saturated carbocycles. The largest absolute Gasteiger partial charge is 0.273 e. The van der Waals surface area contributed by atoms with Gasteiger partial charge in [0.15, 0.2) is 0 Å². The van der Waals surface area contributed by atoms with Gasteiger partial charge in [-0.05, 0) is 34.4 Å². The van der Waals surface area contributed by atoms with E-state index in [4.69, 9.17) is 5.14 Å². The van der Waals surface area contributed by atoms with Gasteiger partial charge in [-0.1, -0.05) is 20.8 Å². The average molecular weight is 187 g/mol.